The Balaban J connectivity index is 2.08. The molecule has 1 N–H and O–H groups in total. The van der Waals surface area contributed by atoms with E-state index in [-0.39, 0.29) is 5.91 Å². The molecule has 92 valence electrons. The number of hydrogen-bond acceptors (Lipinski definition) is 3. The number of nitrogens with one attached hydrogen (secondary N) is 1. The molecule has 0 radical (unpaired) electrons. The zero-order valence-electron chi connectivity index (χ0n) is 10.3. The molecule has 1 fully saturated rings. The van der Waals surface area contributed by atoms with Crippen LogP contribution in [0.15, 0.2) is 30.3 Å². The van der Waals surface area contributed by atoms with Gasteiger partial charge < -0.3 is 10.1 Å². The molecule has 0 spiro atoms. The molecule has 1 saturated heterocycles. The van der Waals surface area contributed by atoms with E-state index in [1.807, 2.05) is 25.2 Å². The minimum atomic E-state index is -0.495. The van der Waals surface area contributed by atoms with Gasteiger partial charge in [-0.3, -0.25) is 9.69 Å². The van der Waals surface area contributed by atoms with E-state index in [4.69, 9.17) is 4.74 Å². The number of ether oxygens (including phenoxy) is 1. The third-order valence-electron chi connectivity index (χ3n) is 3.32. The number of carbonyl (C=O) groups is 1. The summed E-state index contributed by atoms with van der Waals surface area (Å²) in [5, 5.41) is 2.71. The van der Waals surface area contributed by atoms with Crippen LogP contribution in [0.3, 0.4) is 0 Å². The van der Waals surface area contributed by atoms with Crippen LogP contribution in [0.5, 0.6) is 0 Å². The summed E-state index contributed by atoms with van der Waals surface area (Å²) >= 11 is 0. The van der Waals surface area contributed by atoms with Gasteiger partial charge in [-0.15, -0.1) is 0 Å². The Morgan fingerprint density at radius 1 is 1.41 bits per heavy atom. The third kappa shape index (κ3) is 2.18. The van der Waals surface area contributed by atoms with Crippen molar-refractivity contribution in [1.29, 1.82) is 0 Å². The van der Waals surface area contributed by atoms with Crippen molar-refractivity contribution < 1.29 is 9.53 Å². The van der Waals surface area contributed by atoms with Crippen LogP contribution in [0.4, 0.5) is 0 Å². The van der Waals surface area contributed by atoms with Gasteiger partial charge in [-0.2, -0.15) is 0 Å². The van der Waals surface area contributed by atoms with Gasteiger partial charge in [0.2, 0.25) is 5.91 Å². The maximum Gasteiger partial charge on any atom is 0.245 e. The van der Waals surface area contributed by atoms with Gasteiger partial charge in [0, 0.05) is 13.6 Å². The van der Waals surface area contributed by atoms with Crippen LogP contribution in [0.2, 0.25) is 0 Å². The second kappa shape index (κ2) is 4.85. The number of benzene rings is 1. The highest BCUT2D eigenvalue weighted by Gasteiger charge is 2.48. The molecule has 0 unspecified atom stereocenters. The molecular weight excluding hydrogens is 216 g/mol. The number of carbonyl (C=O) groups excluding carboxylic acids is 1. The molecule has 2 rings (SSSR count). The Morgan fingerprint density at radius 3 is 2.53 bits per heavy atom. The second-order valence-corrected chi connectivity index (χ2v) is 4.45. The van der Waals surface area contributed by atoms with Gasteiger partial charge in [-0.1, -0.05) is 30.3 Å². The minimum Gasteiger partial charge on any atom is -0.376 e. The Labute approximate surface area is 102 Å². The first kappa shape index (κ1) is 12.1. The highest BCUT2D eigenvalue weighted by molar-refractivity contribution is 5.87. The van der Waals surface area contributed by atoms with Crippen LogP contribution in [0.1, 0.15) is 5.56 Å². The molecule has 0 aromatic heterocycles. The second-order valence-electron chi connectivity index (χ2n) is 4.45. The summed E-state index contributed by atoms with van der Waals surface area (Å²) in [5.74, 6) is 0.0298. The van der Waals surface area contributed by atoms with Crippen LogP contribution in [0, 0.1) is 0 Å². The fourth-order valence-corrected chi connectivity index (χ4v) is 2.06. The van der Waals surface area contributed by atoms with E-state index in [9.17, 15) is 4.79 Å². The van der Waals surface area contributed by atoms with Crippen LogP contribution >= 0.6 is 0 Å². The Hall–Kier alpha value is -1.39. The highest BCUT2D eigenvalue weighted by atomic mass is 16.5. The van der Waals surface area contributed by atoms with Gasteiger partial charge in [0.05, 0.1) is 13.2 Å². The summed E-state index contributed by atoms with van der Waals surface area (Å²) in [6, 6.07) is 10.1. The molecule has 0 bridgehead atoms. The van der Waals surface area contributed by atoms with Crippen LogP contribution in [-0.4, -0.2) is 43.7 Å². The SMILES string of the molecule is CNC(=O)C1(N(C)Cc2ccccc2)COC1. The first-order valence-electron chi connectivity index (χ1n) is 5.74. The van der Waals surface area contributed by atoms with Gasteiger partial charge in [0.1, 0.15) is 5.54 Å². The minimum absolute atomic E-state index is 0.0298. The Morgan fingerprint density at radius 2 is 2.06 bits per heavy atom. The average molecular weight is 234 g/mol. The summed E-state index contributed by atoms with van der Waals surface area (Å²) in [6.07, 6.45) is 0. The highest BCUT2D eigenvalue weighted by Crippen LogP contribution is 2.25. The predicted molar refractivity (Wildman–Crippen MR) is 65.5 cm³/mol. The lowest BCUT2D eigenvalue weighted by Crippen LogP contribution is -2.68. The molecule has 1 aromatic rings. The lowest BCUT2D eigenvalue weighted by Gasteiger charge is -2.46. The molecule has 17 heavy (non-hydrogen) atoms. The van der Waals surface area contributed by atoms with Gasteiger partial charge in [-0.25, -0.2) is 0 Å². The van der Waals surface area contributed by atoms with E-state index in [2.05, 4.69) is 22.3 Å². The molecule has 0 aliphatic carbocycles. The van der Waals surface area contributed by atoms with Crippen molar-refractivity contribution in [2.45, 2.75) is 12.1 Å². The molecule has 1 amide bonds. The quantitative estimate of drug-likeness (QED) is 0.831. The molecule has 1 aliphatic heterocycles. The number of rotatable bonds is 4. The van der Waals surface area contributed by atoms with Crippen LogP contribution < -0.4 is 5.32 Å². The number of nitrogens with zero attached hydrogens (tertiary/aromatic N) is 1. The average Bonchev–Trinajstić information content (AvgIpc) is 2.28. The largest absolute Gasteiger partial charge is 0.376 e. The maximum atomic E-state index is 11.9. The van der Waals surface area contributed by atoms with Gasteiger partial charge in [-0.05, 0) is 12.6 Å². The lowest BCUT2D eigenvalue weighted by molar-refractivity contribution is -0.168. The van der Waals surface area contributed by atoms with Crippen molar-refractivity contribution in [2.24, 2.45) is 0 Å². The Kier molecular flexibility index (Phi) is 3.45. The molecule has 0 atom stereocenters. The van der Waals surface area contributed by atoms with E-state index in [0.717, 1.165) is 6.54 Å². The fraction of sp³-hybridized carbons (Fsp3) is 0.462. The standard InChI is InChI=1S/C13H18N2O2/c1-14-12(16)13(9-17-10-13)15(2)8-11-6-4-3-5-7-11/h3-7H,8-10H2,1-2H3,(H,14,16). The summed E-state index contributed by atoms with van der Waals surface area (Å²) in [7, 11) is 3.63. The number of likely N-dealkylation sites (N-methyl/N-ethyl adjacent to an activating group) is 2. The monoisotopic (exact) mass is 234 g/mol. The molecule has 4 heteroatoms. The fourth-order valence-electron chi connectivity index (χ4n) is 2.06. The van der Waals surface area contributed by atoms with Crippen molar-refractivity contribution in [2.75, 3.05) is 27.3 Å². The number of hydrogen-bond donors (Lipinski definition) is 1. The maximum absolute atomic E-state index is 11.9. The number of amides is 1. The zero-order valence-corrected chi connectivity index (χ0v) is 10.3. The van der Waals surface area contributed by atoms with Crippen molar-refractivity contribution in [3.05, 3.63) is 35.9 Å². The summed E-state index contributed by atoms with van der Waals surface area (Å²) < 4.78 is 5.22. The van der Waals surface area contributed by atoms with Crippen LogP contribution in [-0.2, 0) is 16.1 Å². The molecule has 1 aliphatic rings. The van der Waals surface area contributed by atoms with Crippen molar-refractivity contribution in [3.8, 4) is 0 Å². The molecule has 0 saturated carbocycles. The molecule has 1 heterocycles. The van der Waals surface area contributed by atoms with Gasteiger partial charge in [0.25, 0.3) is 0 Å². The third-order valence-corrected chi connectivity index (χ3v) is 3.32. The summed E-state index contributed by atoms with van der Waals surface area (Å²) in [4.78, 5) is 14.0. The van der Waals surface area contributed by atoms with Gasteiger partial charge in [0.15, 0.2) is 0 Å². The normalized spacial score (nSPS) is 17.6. The van der Waals surface area contributed by atoms with Crippen molar-refractivity contribution in [1.82, 2.24) is 10.2 Å². The van der Waals surface area contributed by atoms with Crippen LogP contribution in [0.25, 0.3) is 0 Å². The van der Waals surface area contributed by atoms with E-state index in [1.165, 1.54) is 5.56 Å². The summed E-state index contributed by atoms with van der Waals surface area (Å²) in [6.45, 7) is 1.68. The van der Waals surface area contributed by atoms with E-state index < -0.39 is 5.54 Å². The van der Waals surface area contributed by atoms with E-state index in [1.54, 1.807) is 7.05 Å². The van der Waals surface area contributed by atoms with Gasteiger partial charge >= 0.3 is 0 Å². The lowest BCUT2D eigenvalue weighted by atomic mass is 9.93. The van der Waals surface area contributed by atoms with E-state index in [0.29, 0.717) is 13.2 Å². The topological polar surface area (TPSA) is 41.6 Å². The van der Waals surface area contributed by atoms with E-state index >= 15 is 0 Å². The molecule has 1 aromatic carbocycles. The smallest absolute Gasteiger partial charge is 0.245 e. The first-order valence-corrected chi connectivity index (χ1v) is 5.74. The first-order chi connectivity index (χ1) is 8.19. The summed E-state index contributed by atoms with van der Waals surface area (Å²) in [5.41, 5.74) is 0.704. The Bertz CT molecular complexity index is 388. The van der Waals surface area contributed by atoms with Crippen molar-refractivity contribution in [3.63, 3.8) is 0 Å². The molecular formula is C13H18N2O2. The van der Waals surface area contributed by atoms with Crippen molar-refractivity contribution >= 4 is 5.91 Å². The predicted octanol–water partition coefficient (Wildman–Crippen LogP) is 0.633. The zero-order chi connectivity index (χ0) is 12.3. The molecule has 4 nitrogen and oxygen atoms in total.